The molecule has 0 amide bonds. The third-order valence-electron chi connectivity index (χ3n) is 2.47. The van der Waals surface area contributed by atoms with Crippen LogP contribution in [0, 0.1) is 0 Å². The predicted molar refractivity (Wildman–Crippen MR) is 70.6 cm³/mol. The Morgan fingerprint density at radius 1 is 1.30 bits per heavy atom. The first kappa shape index (κ1) is 16.3. The number of nitrogen functional groups attached to an aromatic ring is 1. The fourth-order valence-corrected chi connectivity index (χ4v) is 1.49. The quantitative estimate of drug-likeness (QED) is 0.721. The molecule has 0 aliphatic carbocycles. The molecular formula is C12H19F3N4O. The molecule has 0 aromatic carbocycles. The molecule has 0 bridgehead atoms. The molecule has 1 aromatic rings. The average Bonchev–Trinajstić information content (AvgIpc) is 2.37. The van der Waals surface area contributed by atoms with Gasteiger partial charge in [-0.15, -0.1) is 0 Å². The number of halogens is 3. The van der Waals surface area contributed by atoms with E-state index in [0.29, 0.717) is 31.3 Å². The van der Waals surface area contributed by atoms with Crippen molar-refractivity contribution in [1.82, 2.24) is 9.97 Å². The predicted octanol–water partition coefficient (Wildman–Crippen LogP) is 2.99. The van der Waals surface area contributed by atoms with E-state index in [9.17, 15) is 13.2 Å². The minimum absolute atomic E-state index is 0.0701. The Balaban J connectivity index is 2.40. The van der Waals surface area contributed by atoms with Crippen LogP contribution in [-0.2, 0) is 0 Å². The fourth-order valence-electron chi connectivity index (χ4n) is 1.49. The summed E-state index contributed by atoms with van der Waals surface area (Å²) < 4.78 is 41.2. The van der Waals surface area contributed by atoms with Gasteiger partial charge in [-0.25, -0.2) is 4.98 Å². The van der Waals surface area contributed by atoms with Crippen molar-refractivity contribution in [2.24, 2.45) is 0 Å². The molecule has 0 aliphatic rings. The normalized spacial score (nSPS) is 11.4. The van der Waals surface area contributed by atoms with Gasteiger partial charge in [-0.1, -0.05) is 6.92 Å². The summed E-state index contributed by atoms with van der Waals surface area (Å²) in [6.45, 7) is 2.81. The third kappa shape index (κ3) is 5.94. The number of alkyl halides is 3. The highest BCUT2D eigenvalue weighted by atomic mass is 19.4. The van der Waals surface area contributed by atoms with Crippen molar-refractivity contribution in [2.75, 3.05) is 24.2 Å². The van der Waals surface area contributed by atoms with Crippen LogP contribution in [0.1, 0.15) is 32.6 Å². The number of aromatic nitrogens is 2. The maximum atomic E-state index is 12.0. The van der Waals surface area contributed by atoms with E-state index < -0.39 is 12.6 Å². The zero-order chi connectivity index (χ0) is 15.0. The lowest BCUT2D eigenvalue weighted by molar-refractivity contribution is -0.135. The van der Waals surface area contributed by atoms with Gasteiger partial charge in [-0.05, 0) is 19.3 Å². The van der Waals surface area contributed by atoms with E-state index in [-0.39, 0.29) is 12.1 Å². The lowest BCUT2D eigenvalue weighted by atomic mass is 10.2. The van der Waals surface area contributed by atoms with Gasteiger partial charge < -0.3 is 15.8 Å². The van der Waals surface area contributed by atoms with Crippen LogP contribution in [0.2, 0.25) is 0 Å². The minimum Gasteiger partial charge on any atom is -0.476 e. The van der Waals surface area contributed by atoms with Crippen LogP contribution in [0.15, 0.2) is 6.33 Å². The van der Waals surface area contributed by atoms with E-state index in [1.165, 1.54) is 6.33 Å². The smallest absolute Gasteiger partial charge is 0.389 e. The fraction of sp³-hybridized carbons (Fsp3) is 0.667. The molecule has 3 N–H and O–H groups in total. The van der Waals surface area contributed by atoms with Gasteiger partial charge in [0.15, 0.2) is 5.82 Å². The first-order chi connectivity index (χ1) is 9.44. The molecule has 114 valence electrons. The summed E-state index contributed by atoms with van der Waals surface area (Å²) in [4.78, 5) is 7.85. The molecule has 0 saturated heterocycles. The van der Waals surface area contributed by atoms with E-state index in [0.717, 1.165) is 6.42 Å². The Morgan fingerprint density at radius 3 is 2.70 bits per heavy atom. The van der Waals surface area contributed by atoms with Gasteiger partial charge in [0.25, 0.3) is 0 Å². The zero-order valence-corrected chi connectivity index (χ0v) is 11.3. The summed E-state index contributed by atoms with van der Waals surface area (Å²) in [7, 11) is 0. The van der Waals surface area contributed by atoms with Crippen molar-refractivity contribution in [3.05, 3.63) is 6.33 Å². The van der Waals surface area contributed by atoms with Gasteiger partial charge in [0.05, 0.1) is 6.61 Å². The van der Waals surface area contributed by atoms with Crippen LogP contribution in [0.5, 0.6) is 5.88 Å². The Labute approximate surface area is 115 Å². The van der Waals surface area contributed by atoms with Crippen molar-refractivity contribution in [1.29, 1.82) is 0 Å². The summed E-state index contributed by atoms with van der Waals surface area (Å²) in [6.07, 6.45) is -2.30. The molecule has 8 heteroatoms. The van der Waals surface area contributed by atoms with E-state index in [1.54, 1.807) is 0 Å². The molecule has 1 aromatic heterocycles. The van der Waals surface area contributed by atoms with Gasteiger partial charge in [-0.3, -0.25) is 0 Å². The molecule has 1 heterocycles. The molecule has 5 nitrogen and oxygen atoms in total. The number of nitrogens with zero attached hydrogens (tertiary/aromatic N) is 2. The molecular weight excluding hydrogens is 273 g/mol. The SMILES string of the molecule is CCCOc1ncnc(NCCCCC(F)(F)F)c1N. The van der Waals surface area contributed by atoms with Crippen molar-refractivity contribution in [3.63, 3.8) is 0 Å². The third-order valence-corrected chi connectivity index (χ3v) is 2.47. The molecule has 0 fully saturated rings. The van der Waals surface area contributed by atoms with Gasteiger partial charge in [0.2, 0.25) is 5.88 Å². The molecule has 20 heavy (non-hydrogen) atoms. The van der Waals surface area contributed by atoms with Gasteiger partial charge >= 0.3 is 6.18 Å². The molecule has 0 unspecified atom stereocenters. The Kier molecular flexibility index (Phi) is 6.33. The standard InChI is InChI=1S/C12H19F3N4O/c1-2-7-20-11-9(16)10(18-8-19-11)17-6-4-3-5-12(13,14)15/h8H,2-7,16H2,1H3,(H,17,18,19). The first-order valence-corrected chi connectivity index (χ1v) is 6.48. The van der Waals surface area contributed by atoms with Crippen LogP contribution in [0.4, 0.5) is 24.7 Å². The second kappa shape index (κ2) is 7.76. The van der Waals surface area contributed by atoms with Crippen LogP contribution in [0.3, 0.4) is 0 Å². The van der Waals surface area contributed by atoms with Crippen LogP contribution in [-0.4, -0.2) is 29.3 Å². The number of unbranched alkanes of at least 4 members (excludes halogenated alkanes) is 1. The number of hydrogen-bond acceptors (Lipinski definition) is 5. The number of hydrogen-bond donors (Lipinski definition) is 2. The molecule has 1 rings (SSSR count). The second-order valence-electron chi connectivity index (χ2n) is 4.29. The number of nitrogens with one attached hydrogen (secondary N) is 1. The lowest BCUT2D eigenvalue weighted by Gasteiger charge is -2.11. The summed E-state index contributed by atoms with van der Waals surface area (Å²) in [6, 6.07) is 0. The lowest BCUT2D eigenvalue weighted by Crippen LogP contribution is -2.11. The number of ether oxygens (including phenoxy) is 1. The van der Waals surface area contributed by atoms with Gasteiger partial charge in [0.1, 0.15) is 12.0 Å². The first-order valence-electron chi connectivity index (χ1n) is 6.48. The highest BCUT2D eigenvalue weighted by Crippen LogP contribution is 2.25. The van der Waals surface area contributed by atoms with Crippen molar-refractivity contribution < 1.29 is 17.9 Å². The van der Waals surface area contributed by atoms with Crippen molar-refractivity contribution in [2.45, 2.75) is 38.8 Å². The maximum Gasteiger partial charge on any atom is 0.389 e. The summed E-state index contributed by atoms with van der Waals surface area (Å²) in [5.41, 5.74) is 6.09. The van der Waals surface area contributed by atoms with E-state index in [4.69, 9.17) is 10.5 Å². The summed E-state index contributed by atoms with van der Waals surface area (Å²) >= 11 is 0. The maximum absolute atomic E-state index is 12.0. The van der Waals surface area contributed by atoms with Gasteiger partial charge in [-0.2, -0.15) is 18.2 Å². The molecule has 0 atom stereocenters. The number of nitrogens with two attached hydrogens (primary N) is 1. The molecule has 0 saturated carbocycles. The number of rotatable bonds is 8. The molecule has 0 aliphatic heterocycles. The number of anilines is 2. The van der Waals surface area contributed by atoms with Crippen molar-refractivity contribution >= 4 is 11.5 Å². The Morgan fingerprint density at radius 2 is 2.05 bits per heavy atom. The highest BCUT2D eigenvalue weighted by Gasteiger charge is 2.25. The topological polar surface area (TPSA) is 73.1 Å². The average molecular weight is 292 g/mol. The van der Waals surface area contributed by atoms with E-state index >= 15 is 0 Å². The summed E-state index contributed by atoms with van der Waals surface area (Å²) in [5.74, 6) is 0.678. The highest BCUT2D eigenvalue weighted by molar-refractivity contribution is 5.66. The second-order valence-corrected chi connectivity index (χ2v) is 4.29. The van der Waals surface area contributed by atoms with E-state index in [2.05, 4.69) is 15.3 Å². The zero-order valence-electron chi connectivity index (χ0n) is 11.3. The van der Waals surface area contributed by atoms with Gasteiger partial charge in [0, 0.05) is 13.0 Å². The Hall–Kier alpha value is -1.73. The van der Waals surface area contributed by atoms with E-state index in [1.807, 2.05) is 6.92 Å². The molecule has 0 spiro atoms. The van der Waals surface area contributed by atoms with Crippen molar-refractivity contribution in [3.8, 4) is 5.88 Å². The largest absolute Gasteiger partial charge is 0.476 e. The Bertz CT molecular complexity index is 412. The van der Waals surface area contributed by atoms with Crippen LogP contribution in [0.25, 0.3) is 0 Å². The minimum atomic E-state index is -4.10. The monoisotopic (exact) mass is 292 g/mol. The van der Waals surface area contributed by atoms with Crippen LogP contribution >= 0.6 is 0 Å². The molecule has 0 radical (unpaired) electrons. The van der Waals surface area contributed by atoms with Crippen LogP contribution < -0.4 is 15.8 Å². The summed E-state index contributed by atoms with van der Waals surface area (Å²) in [5, 5.41) is 2.89.